The Bertz CT molecular complexity index is 4310. The van der Waals surface area contributed by atoms with Crippen LogP contribution in [0.5, 0.6) is 0 Å². The monoisotopic (exact) mass is 1180 g/mol. The average molecular weight is 1190 g/mol. The fraction of sp³-hybridized carbons (Fsp3) is 0.310. The van der Waals surface area contributed by atoms with Crippen LogP contribution >= 0.6 is 22.7 Å². The zero-order valence-electron chi connectivity index (χ0n) is 52.3. The van der Waals surface area contributed by atoms with Gasteiger partial charge in [0.05, 0.1) is 32.9 Å². The van der Waals surface area contributed by atoms with Gasteiger partial charge < -0.3 is 0 Å². The number of hydrogen-bond donors (Lipinski definition) is 0. The molecule has 0 radical (unpaired) electrons. The second-order valence-corrected chi connectivity index (χ2v) is 27.6. The third kappa shape index (κ3) is 10.2. The minimum Gasteiger partial charge on any atom is -0.244 e. The van der Waals surface area contributed by atoms with E-state index in [0.717, 1.165) is 64.1 Å². The van der Waals surface area contributed by atoms with Crippen molar-refractivity contribution in [3.63, 3.8) is 0 Å². The van der Waals surface area contributed by atoms with E-state index in [2.05, 4.69) is 221 Å². The van der Waals surface area contributed by atoms with Crippen LogP contribution in [0.25, 0.3) is 74.9 Å². The smallest absolute Gasteiger partial charge is 0.0981 e. The number of rotatable bonds is 25. The van der Waals surface area contributed by atoms with Crippen LogP contribution in [0.2, 0.25) is 0 Å². The summed E-state index contributed by atoms with van der Waals surface area (Å²) < 4.78 is 0. The van der Waals surface area contributed by atoms with E-state index in [1.165, 1.54) is 206 Å². The number of thiophene rings is 2. The van der Waals surface area contributed by atoms with Crippen LogP contribution in [0.4, 0.5) is 0 Å². The van der Waals surface area contributed by atoms with Gasteiger partial charge in [-0.1, -0.05) is 262 Å². The van der Waals surface area contributed by atoms with E-state index < -0.39 is 10.8 Å². The highest BCUT2D eigenvalue weighted by Gasteiger charge is 2.53. The Morgan fingerprint density at radius 1 is 0.318 bits per heavy atom. The van der Waals surface area contributed by atoms with Crippen LogP contribution in [0, 0.1) is 0 Å². The van der Waals surface area contributed by atoms with Crippen molar-refractivity contribution in [1.29, 1.82) is 0 Å². The van der Waals surface area contributed by atoms with Gasteiger partial charge in [-0.15, -0.1) is 22.7 Å². The topological polar surface area (TPSA) is 25.8 Å². The molecule has 2 nitrogen and oxygen atoms in total. The molecule has 14 rings (SSSR count). The first-order chi connectivity index (χ1) is 43.5. The molecule has 0 amide bonds. The zero-order chi connectivity index (χ0) is 59.6. The quantitative estimate of drug-likeness (QED) is 0.0324. The molecule has 0 fully saturated rings. The van der Waals surface area contributed by atoms with Gasteiger partial charge in [-0.25, -0.2) is 9.97 Å². The maximum absolute atomic E-state index is 5.76. The molecule has 88 heavy (non-hydrogen) atoms. The third-order valence-electron chi connectivity index (χ3n) is 20.1. The molecule has 3 aromatic heterocycles. The van der Waals surface area contributed by atoms with Crippen LogP contribution in [0.15, 0.2) is 193 Å². The molecule has 9 aromatic carbocycles. The van der Waals surface area contributed by atoms with E-state index >= 15 is 0 Å². The molecule has 0 bridgehead atoms. The molecule has 0 unspecified atom stereocenters. The van der Waals surface area contributed by atoms with Crippen LogP contribution in [0.3, 0.4) is 0 Å². The average Bonchev–Trinajstić information content (AvgIpc) is 1.51. The van der Waals surface area contributed by atoms with Crippen molar-refractivity contribution in [2.75, 3.05) is 0 Å². The number of aryl methyl sites for hydroxylation is 4. The largest absolute Gasteiger partial charge is 0.244 e. The molecule has 0 saturated carbocycles. The number of para-hydroxylation sites is 1. The van der Waals surface area contributed by atoms with Gasteiger partial charge in [-0.3, -0.25) is 0 Å². The van der Waals surface area contributed by atoms with Gasteiger partial charge in [0, 0.05) is 31.0 Å². The van der Waals surface area contributed by atoms with Gasteiger partial charge in [0.15, 0.2) is 0 Å². The molecule has 0 aliphatic heterocycles. The van der Waals surface area contributed by atoms with Crippen molar-refractivity contribution < 1.29 is 0 Å². The first-order valence-corrected chi connectivity index (χ1v) is 35.5. The van der Waals surface area contributed by atoms with Gasteiger partial charge in [0.1, 0.15) is 0 Å². The Balaban J connectivity index is 1.02. The SMILES string of the molecule is CCCCCCc1ccc(C2(c3ccc(CCCCCC)cc3)c3cc4c(cc3-c3sccc32)C(c2ccc(CCCCCC)cc2)(c2ccc(CCCCCC)cc2)c2cc(-c3cccc5nc6c7ccccc7c7ccccc7c6nc35)sc2-4)cc1. The second kappa shape index (κ2) is 25.5. The molecule has 3 heterocycles. The number of nitrogens with zero attached hydrogens (tertiary/aromatic N) is 2. The maximum Gasteiger partial charge on any atom is 0.0981 e. The number of benzene rings is 9. The summed E-state index contributed by atoms with van der Waals surface area (Å²) in [6.45, 7) is 9.24. The molecule has 0 atom stereocenters. The summed E-state index contributed by atoms with van der Waals surface area (Å²) in [6.07, 6.45) is 24.6. The van der Waals surface area contributed by atoms with Crippen molar-refractivity contribution in [3.8, 4) is 31.3 Å². The fourth-order valence-electron chi connectivity index (χ4n) is 15.5. The Morgan fingerprint density at radius 2 is 0.727 bits per heavy atom. The summed E-state index contributed by atoms with van der Waals surface area (Å²) in [5, 5.41) is 7.07. The predicted octanol–water partition coefficient (Wildman–Crippen LogP) is 24.1. The van der Waals surface area contributed by atoms with E-state index in [-0.39, 0.29) is 0 Å². The molecule has 0 spiro atoms. The minimum atomic E-state index is -0.616. The van der Waals surface area contributed by atoms with E-state index in [4.69, 9.17) is 9.97 Å². The number of unbranched alkanes of at least 4 members (excludes halogenated alkanes) is 12. The molecular weight excluding hydrogens is 1100 g/mol. The van der Waals surface area contributed by atoms with Gasteiger partial charge in [0.2, 0.25) is 0 Å². The molecule has 2 aliphatic rings. The fourth-order valence-corrected chi connectivity index (χ4v) is 17.7. The lowest BCUT2D eigenvalue weighted by Gasteiger charge is -2.35. The minimum absolute atomic E-state index is 0.523. The zero-order valence-corrected chi connectivity index (χ0v) is 54.0. The van der Waals surface area contributed by atoms with Crippen molar-refractivity contribution in [2.45, 2.75) is 167 Å². The van der Waals surface area contributed by atoms with Crippen LogP contribution < -0.4 is 0 Å². The van der Waals surface area contributed by atoms with E-state index in [1.54, 1.807) is 0 Å². The first kappa shape index (κ1) is 58.2. The van der Waals surface area contributed by atoms with Crippen molar-refractivity contribution in [1.82, 2.24) is 9.97 Å². The molecule has 0 N–H and O–H groups in total. The highest BCUT2D eigenvalue weighted by Crippen LogP contribution is 2.65. The van der Waals surface area contributed by atoms with E-state index in [9.17, 15) is 0 Å². The lowest BCUT2D eigenvalue weighted by molar-refractivity contribution is 0.666. The van der Waals surface area contributed by atoms with Gasteiger partial charge in [-0.05, 0) is 176 Å². The highest BCUT2D eigenvalue weighted by molar-refractivity contribution is 7.19. The summed E-state index contributed by atoms with van der Waals surface area (Å²) in [5.41, 5.74) is 23.1. The van der Waals surface area contributed by atoms with Gasteiger partial charge >= 0.3 is 0 Å². The van der Waals surface area contributed by atoms with Crippen molar-refractivity contribution in [3.05, 3.63) is 260 Å². The third-order valence-corrected chi connectivity index (χ3v) is 22.2. The summed E-state index contributed by atoms with van der Waals surface area (Å²) in [7, 11) is 0. The molecule has 12 aromatic rings. The van der Waals surface area contributed by atoms with Crippen LogP contribution in [-0.4, -0.2) is 9.97 Å². The first-order valence-electron chi connectivity index (χ1n) is 33.8. The lowest BCUT2D eigenvalue weighted by atomic mass is 9.65. The summed E-state index contributed by atoms with van der Waals surface area (Å²) in [5.74, 6) is 0. The normalized spacial score (nSPS) is 13.6. The highest BCUT2D eigenvalue weighted by atomic mass is 32.1. The van der Waals surface area contributed by atoms with Crippen LogP contribution in [0.1, 0.15) is 197 Å². The predicted molar refractivity (Wildman–Crippen MR) is 379 cm³/mol. The Morgan fingerprint density at radius 3 is 1.17 bits per heavy atom. The molecule has 4 heteroatoms. The molecule has 0 saturated heterocycles. The van der Waals surface area contributed by atoms with Crippen LogP contribution in [-0.2, 0) is 36.5 Å². The van der Waals surface area contributed by atoms with E-state index in [0.29, 0.717) is 0 Å². The Kier molecular flexibility index (Phi) is 16.9. The number of aromatic nitrogens is 2. The number of fused-ring (bicyclic) bond motifs is 13. The summed E-state index contributed by atoms with van der Waals surface area (Å²) in [4.78, 5) is 15.3. The Labute approximate surface area is 531 Å². The van der Waals surface area contributed by atoms with Crippen molar-refractivity contribution >= 4 is 66.3 Å². The Hall–Kier alpha value is -7.50. The van der Waals surface area contributed by atoms with Gasteiger partial charge in [-0.2, -0.15) is 0 Å². The molecular formula is C84H84N2S2. The van der Waals surface area contributed by atoms with Crippen molar-refractivity contribution in [2.24, 2.45) is 0 Å². The number of hydrogen-bond acceptors (Lipinski definition) is 4. The standard InChI is InChI=1S/C84H84N2S2/c1-5-9-13-17-26-57-36-44-61(45-37-57)83(62-46-38-58(39-47-62)27-18-14-10-6-2)72-52-53-87-81(72)70-54-74-71(55-73(70)83)82-75(84(74,63-48-40-59(41-49-63)28-19-15-11-7-3)64-50-42-60(43-51-64)29-20-16-12-8-4)56-77(88-82)69-34-25-35-76-78(69)86-80-68-33-24-22-31-66(68)65-30-21-23-32-67(65)79(80)85-76/h21-25,30-56H,5-20,26-29H2,1-4H3. The molecule has 2 aliphatic carbocycles. The molecule has 442 valence electrons. The lowest BCUT2D eigenvalue weighted by Crippen LogP contribution is -2.30. The second-order valence-electron chi connectivity index (χ2n) is 25.7. The van der Waals surface area contributed by atoms with Gasteiger partial charge in [0.25, 0.3) is 0 Å². The summed E-state index contributed by atoms with van der Waals surface area (Å²) in [6, 6.07) is 74.4. The van der Waals surface area contributed by atoms with E-state index in [1.807, 2.05) is 22.7 Å². The maximum atomic E-state index is 5.76. The summed E-state index contributed by atoms with van der Waals surface area (Å²) >= 11 is 3.88.